The molecule has 0 spiro atoms. The van der Waals surface area contributed by atoms with E-state index >= 15 is 0 Å². The SMILES string of the molecule is [CH2][C@@H]1C[C@H](/C=C/C(C)C)OC(C)(C)O1.[Cl-].[Hg+]. The molecular formula is C12H21ClHgO2. The summed E-state index contributed by atoms with van der Waals surface area (Å²) >= 11 is 0. The van der Waals surface area contributed by atoms with Crippen molar-refractivity contribution in [3.05, 3.63) is 19.1 Å². The molecule has 4 heteroatoms. The average Bonchev–Trinajstić information content (AvgIpc) is 1.96. The number of hydrogen-bond acceptors (Lipinski definition) is 2. The molecular weight excluding hydrogens is 412 g/mol. The zero-order chi connectivity index (χ0) is 10.8. The Morgan fingerprint density at radius 1 is 1.31 bits per heavy atom. The van der Waals surface area contributed by atoms with Crippen molar-refractivity contribution < 1.29 is 49.5 Å². The van der Waals surface area contributed by atoms with Crippen LogP contribution in [-0.4, -0.2) is 18.0 Å². The Balaban J connectivity index is 0. The fraction of sp³-hybridized carbons (Fsp3) is 0.750. The molecule has 1 saturated heterocycles. The van der Waals surface area contributed by atoms with Crippen molar-refractivity contribution >= 4 is 0 Å². The molecule has 0 aromatic heterocycles. The zero-order valence-electron chi connectivity index (χ0n) is 10.7. The zero-order valence-corrected chi connectivity index (χ0v) is 17.0. The maximum absolute atomic E-state index is 5.75. The van der Waals surface area contributed by atoms with E-state index in [4.69, 9.17) is 9.47 Å². The first-order valence-electron chi connectivity index (χ1n) is 5.26. The van der Waals surface area contributed by atoms with E-state index in [0.29, 0.717) is 5.92 Å². The van der Waals surface area contributed by atoms with Gasteiger partial charge in [-0.2, -0.15) is 0 Å². The van der Waals surface area contributed by atoms with E-state index in [1.165, 1.54) is 0 Å². The van der Waals surface area contributed by atoms with Crippen molar-refractivity contribution in [1.29, 1.82) is 0 Å². The van der Waals surface area contributed by atoms with Crippen LogP contribution in [0.5, 0.6) is 0 Å². The quantitative estimate of drug-likeness (QED) is 0.449. The molecule has 1 rings (SSSR count). The van der Waals surface area contributed by atoms with Gasteiger partial charge in [-0.3, -0.25) is 0 Å². The third kappa shape index (κ3) is 7.26. The number of rotatable bonds is 2. The second-order valence-electron chi connectivity index (χ2n) is 4.66. The number of ether oxygens (including phenoxy) is 2. The predicted molar refractivity (Wildman–Crippen MR) is 57.8 cm³/mol. The minimum Gasteiger partial charge on any atom is -1.00 e. The van der Waals surface area contributed by atoms with Gasteiger partial charge in [0.05, 0.1) is 12.2 Å². The van der Waals surface area contributed by atoms with Crippen LogP contribution in [0, 0.1) is 12.8 Å². The molecule has 0 saturated carbocycles. The summed E-state index contributed by atoms with van der Waals surface area (Å²) in [6.45, 7) is 12.1. The Kier molecular flexibility index (Phi) is 9.70. The van der Waals surface area contributed by atoms with E-state index in [2.05, 4.69) is 32.9 Å². The van der Waals surface area contributed by atoms with Gasteiger partial charge >= 0.3 is 27.7 Å². The predicted octanol–water partition coefficient (Wildman–Crippen LogP) is -0.0556. The van der Waals surface area contributed by atoms with Gasteiger partial charge in [-0.15, -0.1) is 0 Å². The van der Waals surface area contributed by atoms with Gasteiger partial charge in [0.2, 0.25) is 0 Å². The Hall–Kier alpha value is 0.885. The molecule has 1 heterocycles. The molecule has 2 radical (unpaired) electrons. The summed E-state index contributed by atoms with van der Waals surface area (Å²) in [5.41, 5.74) is 0. The van der Waals surface area contributed by atoms with Gasteiger partial charge in [0, 0.05) is 6.42 Å². The molecule has 1 aliphatic heterocycles. The van der Waals surface area contributed by atoms with E-state index in [0.717, 1.165) is 6.42 Å². The van der Waals surface area contributed by atoms with Gasteiger partial charge in [-0.25, -0.2) is 0 Å². The summed E-state index contributed by atoms with van der Waals surface area (Å²) in [6, 6.07) is 0. The summed E-state index contributed by atoms with van der Waals surface area (Å²) in [7, 11) is 0. The van der Waals surface area contributed by atoms with Crippen LogP contribution in [0.25, 0.3) is 0 Å². The number of allylic oxidation sites excluding steroid dienone is 1. The Morgan fingerprint density at radius 2 is 1.88 bits per heavy atom. The first kappa shape index (κ1) is 19.2. The number of hydrogen-bond donors (Lipinski definition) is 0. The first-order chi connectivity index (χ1) is 6.39. The minimum atomic E-state index is -0.503. The van der Waals surface area contributed by atoms with Gasteiger partial charge in [0.15, 0.2) is 5.79 Å². The fourth-order valence-corrected chi connectivity index (χ4v) is 1.61. The average molecular weight is 433 g/mol. The topological polar surface area (TPSA) is 18.5 Å². The Bertz CT molecular complexity index is 217. The first-order valence-corrected chi connectivity index (χ1v) is 5.26. The third-order valence-corrected chi connectivity index (χ3v) is 2.09. The largest absolute Gasteiger partial charge is 1.00 e. The van der Waals surface area contributed by atoms with Crippen LogP contribution in [0.15, 0.2) is 12.2 Å². The van der Waals surface area contributed by atoms with Crippen molar-refractivity contribution in [2.45, 2.75) is 52.1 Å². The van der Waals surface area contributed by atoms with Gasteiger partial charge in [0.25, 0.3) is 0 Å². The van der Waals surface area contributed by atoms with Crippen LogP contribution >= 0.6 is 0 Å². The summed E-state index contributed by atoms with van der Waals surface area (Å²) in [5, 5.41) is 0. The molecule has 2 nitrogen and oxygen atoms in total. The summed E-state index contributed by atoms with van der Waals surface area (Å²) < 4.78 is 11.3. The van der Waals surface area contributed by atoms with Crippen LogP contribution in [0.4, 0.5) is 0 Å². The third-order valence-electron chi connectivity index (χ3n) is 2.09. The monoisotopic (exact) mass is 434 g/mol. The van der Waals surface area contributed by atoms with Crippen molar-refractivity contribution in [2.75, 3.05) is 0 Å². The second-order valence-corrected chi connectivity index (χ2v) is 4.66. The van der Waals surface area contributed by atoms with E-state index in [1.54, 1.807) is 0 Å². The normalized spacial score (nSPS) is 28.6. The number of halogens is 1. The van der Waals surface area contributed by atoms with Gasteiger partial charge in [0.1, 0.15) is 0 Å². The Labute approximate surface area is 126 Å². The molecule has 0 aromatic rings. The molecule has 90 valence electrons. The van der Waals surface area contributed by atoms with Crippen LogP contribution < -0.4 is 12.4 Å². The molecule has 0 unspecified atom stereocenters. The van der Waals surface area contributed by atoms with Gasteiger partial charge in [-0.05, 0) is 26.7 Å². The summed E-state index contributed by atoms with van der Waals surface area (Å²) in [4.78, 5) is 0. The van der Waals surface area contributed by atoms with Gasteiger partial charge < -0.3 is 21.9 Å². The van der Waals surface area contributed by atoms with Crippen molar-refractivity contribution in [2.24, 2.45) is 5.92 Å². The van der Waals surface area contributed by atoms with E-state index in [-0.39, 0.29) is 52.3 Å². The van der Waals surface area contributed by atoms with Crippen LogP contribution in [0.3, 0.4) is 0 Å². The maximum atomic E-state index is 5.75. The molecule has 1 aliphatic rings. The Morgan fingerprint density at radius 3 is 2.31 bits per heavy atom. The standard InChI is InChI=1S/C12H21O2.ClH.Hg/c1-9(2)6-7-11-8-10(3)13-12(4,5)14-11;;/h6-7,9-11H,3,8H2,1-2,4-5H3;1H;/q;;+1/p-1/b7-6+;;/t10-,11+;;/m1../s1. The molecule has 0 amide bonds. The molecule has 1 fully saturated rings. The summed E-state index contributed by atoms with van der Waals surface area (Å²) in [5.74, 6) is 0.0595. The van der Waals surface area contributed by atoms with E-state index in [9.17, 15) is 0 Å². The second kappa shape index (κ2) is 8.07. The van der Waals surface area contributed by atoms with Crippen molar-refractivity contribution in [3.63, 3.8) is 0 Å². The molecule has 2 atom stereocenters. The van der Waals surface area contributed by atoms with Crippen molar-refractivity contribution in [3.8, 4) is 0 Å². The van der Waals surface area contributed by atoms with E-state index < -0.39 is 5.79 Å². The molecule has 16 heavy (non-hydrogen) atoms. The smallest absolute Gasteiger partial charge is 1.00 e. The molecule has 0 aromatic carbocycles. The van der Waals surface area contributed by atoms with Crippen LogP contribution in [0.2, 0.25) is 0 Å². The van der Waals surface area contributed by atoms with Gasteiger partial charge in [-0.1, -0.05) is 26.0 Å². The maximum Gasteiger partial charge on any atom is 1.00 e. The molecule has 0 aliphatic carbocycles. The van der Waals surface area contributed by atoms with Crippen LogP contribution in [0.1, 0.15) is 34.1 Å². The van der Waals surface area contributed by atoms with Crippen molar-refractivity contribution in [1.82, 2.24) is 0 Å². The fourth-order valence-electron chi connectivity index (χ4n) is 1.61. The molecule has 0 bridgehead atoms. The minimum absolute atomic E-state index is 0. The summed E-state index contributed by atoms with van der Waals surface area (Å²) in [6.07, 6.45) is 5.29. The van der Waals surface area contributed by atoms with Crippen LogP contribution in [-0.2, 0) is 37.1 Å². The molecule has 0 N–H and O–H groups in total. The van der Waals surface area contributed by atoms with E-state index in [1.807, 2.05) is 13.8 Å².